The van der Waals surface area contributed by atoms with Crippen molar-refractivity contribution in [1.29, 1.82) is 0 Å². The van der Waals surface area contributed by atoms with Crippen LogP contribution in [0.1, 0.15) is 30.4 Å². The summed E-state index contributed by atoms with van der Waals surface area (Å²) in [5.74, 6) is 1.63. The molecule has 2 aliphatic rings. The molecule has 46 heavy (non-hydrogen) atoms. The van der Waals surface area contributed by atoms with Crippen molar-refractivity contribution in [3.8, 4) is 17.2 Å². The number of carbonyl (C=O) groups excluding carboxylic acids is 1. The molecule has 0 aliphatic carbocycles. The maximum Gasteiger partial charge on any atom is 0.416 e. The number of piperazine rings is 1. The molecule has 0 radical (unpaired) electrons. The largest absolute Gasteiger partial charge is 0.494 e. The zero-order valence-corrected chi connectivity index (χ0v) is 25.7. The van der Waals surface area contributed by atoms with E-state index >= 15 is 0 Å². The van der Waals surface area contributed by atoms with Crippen LogP contribution in [0.25, 0.3) is 0 Å². The van der Waals surface area contributed by atoms with Gasteiger partial charge >= 0.3 is 6.18 Å². The van der Waals surface area contributed by atoms with Gasteiger partial charge in [0, 0.05) is 76.8 Å². The van der Waals surface area contributed by atoms with Gasteiger partial charge in [-0.05, 0) is 54.1 Å². The Hall–Kier alpha value is -4.20. The molecule has 0 aromatic heterocycles. The second-order valence-corrected chi connectivity index (χ2v) is 11.4. The zero-order chi connectivity index (χ0) is 32.7. The molecular formula is C33H39F3N4O6. The lowest BCUT2D eigenvalue weighted by Crippen LogP contribution is -2.48. The summed E-state index contributed by atoms with van der Waals surface area (Å²) >= 11 is 0. The predicted octanol–water partition coefficient (Wildman–Crippen LogP) is 5.46. The molecule has 2 heterocycles. The Morgan fingerprint density at radius 1 is 0.891 bits per heavy atom. The average Bonchev–Trinajstić information content (AvgIpc) is 3.06. The molecule has 248 valence electrons. The number of carbonyl (C=O) groups is 1. The molecule has 2 aliphatic heterocycles. The summed E-state index contributed by atoms with van der Waals surface area (Å²) in [7, 11) is 1.44. The van der Waals surface area contributed by atoms with Gasteiger partial charge in [-0.15, -0.1) is 5.23 Å². The third-order valence-corrected chi connectivity index (χ3v) is 8.37. The fourth-order valence-corrected chi connectivity index (χ4v) is 5.66. The summed E-state index contributed by atoms with van der Waals surface area (Å²) in [5.41, 5.74) is 1.16. The van der Waals surface area contributed by atoms with Crippen LogP contribution in [0.4, 0.5) is 24.5 Å². The van der Waals surface area contributed by atoms with Crippen LogP contribution in [0.5, 0.6) is 17.2 Å². The lowest BCUT2D eigenvalue weighted by atomic mass is 10.1. The fraction of sp³-hybridized carbons (Fsp3) is 0.424. The summed E-state index contributed by atoms with van der Waals surface area (Å²) in [5, 5.41) is 18.6. The Morgan fingerprint density at radius 3 is 2.15 bits per heavy atom. The Labute approximate surface area is 266 Å². The number of nitrogens with zero attached hydrogens (tertiary/aromatic N) is 4. The van der Waals surface area contributed by atoms with Gasteiger partial charge in [-0.25, -0.2) is 0 Å². The van der Waals surface area contributed by atoms with E-state index < -0.39 is 11.7 Å². The average molecular weight is 645 g/mol. The van der Waals surface area contributed by atoms with Crippen molar-refractivity contribution in [1.82, 2.24) is 9.80 Å². The molecule has 2 N–H and O–H groups in total. The first-order chi connectivity index (χ1) is 22.1. The highest BCUT2D eigenvalue weighted by Gasteiger charge is 2.30. The van der Waals surface area contributed by atoms with Crippen molar-refractivity contribution in [2.75, 3.05) is 63.0 Å². The number of methoxy groups -OCH3 is 1. The number of amides is 1. The van der Waals surface area contributed by atoms with E-state index in [1.165, 1.54) is 25.3 Å². The molecular weight excluding hydrogens is 605 g/mol. The van der Waals surface area contributed by atoms with Crippen LogP contribution in [-0.2, 0) is 17.6 Å². The maximum absolute atomic E-state index is 12.9. The van der Waals surface area contributed by atoms with E-state index in [0.717, 1.165) is 44.0 Å². The SMILES string of the molecule is COc1cc(OC2CCN(C(=O)CCN3CCN(c4ccc(OCc5ccc(C(F)(F)F)cc5)cc4)CC3)CC2)ccc1N(O)O. The maximum atomic E-state index is 12.9. The first-order valence-corrected chi connectivity index (χ1v) is 15.3. The number of rotatable bonds is 11. The van der Waals surface area contributed by atoms with Crippen molar-refractivity contribution in [3.63, 3.8) is 0 Å². The summed E-state index contributed by atoms with van der Waals surface area (Å²) in [6.07, 6.45) is -2.52. The van der Waals surface area contributed by atoms with Crippen molar-refractivity contribution in [3.05, 3.63) is 77.9 Å². The number of benzene rings is 3. The van der Waals surface area contributed by atoms with Crippen LogP contribution < -0.4 is 24.3 Å². The second-order valence-electron chi connectivity index (χ2n) is 11.4. The van der Waals surface area contributed by atoms with E-state index in [-0.39, 0.29) is 35.3 Å². The molecule has 3 aromatic carbocycles. The number of likely N-dealkylation sites (tertiary alicyclic amines) is 1. The fourth-order valence-electron chi connectivity index (χ4n) is 5.66. The third kappa shape index (κ3) is 8.74. The standard InChI is InChI=1S/C33H39F3N4O6/c1-44-31-22-29(10-11-30(31)40(42)43)46-28-12-16-39(17-13-28)32(41)14-15-37-18-20-38(21-19-37)26-6-8-27(9-7-26)45-23-24-2-4-25(5-3-24)33(34,35)36/h2-11,22,28,42-43H,12-21,23H2,1H3. The van der Waals surface area contributed by atoms with Crippen LogP contribution in [0.3, 0.4) is 0 Å². The van der Waals surface area contributed by atoms with Gasteiger partial charge in [0.05, 0.1) is 12.7 Å². The molecule has 0 atom stereocenters. The van der Waals surface area contributed by atoms with Crippen LogP contribution in [0.2, 0.25) is 0 Å². The van der Waals surface area contributed by atoms with Gasteiger partial charge in [0.1, 0.15) is 29.9 Å². The van der Waals surface area contributed by atoms with E-state index in [4.69, 9.17) is 14.2 Å². The molecule has 2 saturated heterocycles. The molecule has 0 unspecified atom stereocenters. The van der Waals surface area contributed by atoms with E-state index in [2.05, 4.69) is 9.80 Å². The van der Waals surface area contributed by atoms with Crippen molar-refractivity contribution in [2.24, 2.45) is 0 Å². The number of hydrogen-bond acceptors (Lipinski definition) is 9. The highest BCUT2D eigenvalue weighted by molar-refractivity contribution is 5.76. The summed E-state index contributed by atoms with van der Waals surface area (Å²) in [6, 6.07) is 17.4. The zero-order valence-electron chi connectivity index (χ0n) is 25.7. The van der Waals surface area contributed by atoms with Gasteiger partial charge in [0.2, 0.25) is 5.91 Å². The smallest absolute Gasteiger partial charge is 0.416 e. The number of halogens is 3. The van der Waals surface area contributed by atoms with E-state index in [0.29, 0.717) is 56.0 Å². The van der Waals surface area contributed by atoms with Gasteiger partial charge in [-0.1, -0.05) is 12.1 Å². The van der Waals surface area contributed by atoms with Crippen LogP contribution in [0, 0.1) is 0 Å². The van der Waals surface area contributed by atoms with E-state index in [1.54, 1.807) is 12.1 Å². The highest BCUT2D eigenvalue weighted by Crippen LogP contribution is 2.32. The van der Waals surface area contributed by atoms with Gasteiger partial charge in [-0.3, -0.25) is 20.1 Å². The summed E-state index contributed by atoms with van der Waals surface area (Å²) in [4.78, 5) is 19.4. The molecule has 5 rings (SSSR count). The first-order valence-electron chi connectivity index (χ1n) is 15.3. The number of anilines is 2. The Kier molecular flexibility index (Phi) is 10.8. The minimum absolute atomic E-state index is 0.00290. The third-order valence-electron chi connectivity index (χ3n) is 8.37. The number of piperidine rings is 1. The van der Waals surface area contributed by atoms with Gasteiger partial charge < -0.3 is 24.0 Å². The monoisotopic (exact) mass is 644 g/mol. The Morgan fingerprint density at radius 2 is 1.54 bits per heavy atom. The minimum Gasteiger partial charge on any atom is -0.494 e. The number of ether oxygens (including phenoxy) is 3. The first kappa shape index (κ1) is 33.2. The van der Waals surface area contributed by atoms with E-state index in [9.17, 15) is 28.4 Å². The topological polar surface area (TPSA) is 98.2 Å². The predicted molar refractivity (Wildman–Crippen MR) is 165 cm³/mol. The number of hydrogen-bond donors (Lipinski definition) is 2. The van der Waals surface area contributed by atoms with E-state index in [1.807, 2.05) is 29.2 Å². The molecule has 0 spiro atoms. The summed E-state index contributed by atoms with van der Waals surface area (Å²) < 4.78 is 55.3. The van der Waals surface area contributed by atoms with Crippen LogP contribution >= 0.6 is 0 Å². The molecule has 2 fully saturated rings. The molecule has 0 bridgehead atoms. The van der Waals surface area contributed by atoms with Crippen LogP contribution in [-0.4, -0.2) is 85.1 Å². The molecule has 10 nitrogen and oxygen atoms in total. The van der Waals surface area contributed by atoms with Gasteiger partial charge in [0.15, 0.2) is 5.75 Å². The normalized spacial score (nSPS) is 16.3. The lowest BCUT2D eigenvalue weighted by Gasteiger charge is -2.37. The quantitative estimate of drug-likeness (QED) is 0.264. The molecule has 0 saturated carbocycles. The van der Waals surface area contributed by atoms with Crippen molar-refractivity contribution in [2.45, 2.75) is 38.1 Å². The second kappa shape index (κ2) is 14.9. The number of alkyl halides is 3. The van der Waals surface area contributed by atoms with Crippen molar-refractivity contribution < 1.29 is 42.6 Å². The lowest BCUT2D eigenvalue weighted by molar-refractivity contribution is -0.137. The van der Waals surface area contributed by atoms with Crippen LogP contribution in [0.15, 0.2) is 66.7 Å². The van der Waals surface area contributed by atoms with Crippen molar-refractivity contribution >= 4 is 17.3 Å². The Balaban J connectivity index is 0.989. The summed E-state index contributed by atoms with van der Waals surface area (Å²) in [6.45, 7) is 5.51. The van der Waals surface area contributed by atoms with Gasteiger partial charge in [-0.2, -0.15) is 13.2 Å². The highest BCUT2D eigenvalue weighted by atomic mass is 19.4. The molecule has 13 heteroatoms. The minimum atomic E-state index is -4.35. The molecule has 3 aromatic rings. The molecule has 1 amide bonds. The Bertz CT molecular complexity index is 1420. The van der Waals surface area contributed by atoms with Gasteiger partial charge in [0.25, 0.3) is 0 Å².